The minimum atomic E-state index is -0.919. The molecule has 1 aliphatic carbocycles. The van der Waals surface area contributed by atoms with Gasteiger partial charge in [0.2, 0.25) is 0 Å². The van der Waals surface area contributed by atoms with E-state index in [1.54, 1.807) is 0 Å². The minimum Gasteiger partial charge on any atom is -0.480 e. The highest BCUT2D eigenvalue weighted by molar-refractivity contribution is 5.76. The maximum atomic E-state index is 14.3. The van der Waals surface area contributed by atoms with Crippen LogP contribution in [-0.2, 0) is 27.8 Å². The number of carbonyl (C=O) groups is 1. The molecule has 0 bridgehead atoms. The number of halogens is 1. The Bertz CT molecular complexity index is 1100. The Morgan fingerprint density at radius 3 is 2.78 bits per heavy atom. The largest absolute Gasteiger partial charge is 0.480 e. The van der Waals surface area contributed by atoms with Gasteiger partial charge in [0.05, 0.1) is 6.10 Å². The van der Waals surface area contributed by atoms with Gasteiger partial charge in [-0.05, 0) is 85.3 Å². The Morgan fingerprint density at radius 2 is 2.00 bits per heavy atom. The molecule has 3 aliphatic rings. The Balaban J connectivity index is 1.07. The van der Waals surface area contributed by atoms with Crippen molar-refractivity contribution < 1.29 is 19.0 Å². The van der Waals surface area contributed by atoms with Gasteiger partial charge in [-0.2, -0.15) is 0 Å². The van der Waals surface area contributed by atoms with E-state index >= 15 is 0 Å². The molecule has 2 aromatic rings. The van der Waals surface area contributed by atoms with Crippen LogP contribution in [0.25, 0.3) is 0 Å². The van der Waals surface area contributed by atoms with Crippen LogP contribution in [0.1, 0.15) is 86.7 Å². The fourth-order valence-corrected chi connectivity index (χ4v) is 6.35. The maximum absolute atomic E-state index is 14.3. The zero-order valence-corrected chi connectivity index (χ0v) is 22.0. The van der Waals surface area contributed by atoms with E-state index in [2.05, 4.69) is 24.4 Å². The molecule has 7 heteroatoms. The van der Waals surface area contributed by atoms with Crippen molar-refractivity contribution in [2.24, 2.45) is 0 Å². The number of aliphatic carboxylic acids is 1. The van der Waals surface area contributed by atoms with Crippen molar-refractivity contribution in [3.05, 3.63) is 58.5 Å². The van der Waals surface area contributed by atoms with Gasteiger partial charge in [0, 0.05) is 31.9 Å². The van der Waals surface area contributed by atoms with Gasteiger partial charge in [-0.1, -0.05) is 38.3 Å². The summed E-state index contributed by atoms with van der Waals surface area (Å²) in [6.45, 7) is 5.01. The number of likely N-dealkylation sites (tertiary alicyclic amines) is 1. The molecule has 3 heterocycles. The van der Waals surface area contributed by atoms with Crippen molar-refractivity contribution in [2.45, 2.75) is 88.7 Å². The molecule has 0 amide bonds. The molecule has 5 rings (SSSR count). The Kier molecular flexibility index (Phi) is 8.10. The second-order valence-electron chi connectivity index (χ2n) is 11.3. The van der Waals surface area contributed by atoms with Gasteiger partial charge >= 0.3 is 5.97 Å². The summed E-state index contributed by atoms with van der Waals surface area (Å²) in [6.07, 6.45) is 10.7. The van der Waals surface area contributed by atoms with Gasteiger partial charge in [0.1, 0.15) is 17.7 Å². The molecule has 1 atom stereocenters. The highest BCUT2D eigenvalue weighted by Gasteiger charge is 2.42. The third-order valence-corrected chi connectivity index (χ3v) is 8.52. The second-order valence-corrected chi connectivity index (χ2v) is 11.3. The highest BCUT2D eigenvalue weighted by atomic mass is 19.1. The van der Waals surface area contributed by atoms with Crippen molar-refractivity contribution >= 4 is 11.8 Å². The zero-order valence-electron chi connectivity index (χ0n) is 22.0. The van der Waals surface area contributed by atoms with Crippen LogP contribution in [0.4, 0.5) is 10.2 Å². The Labute approximate surface area is 219 Å². The summed E-state index contributed by atoms with van der Waals surface area (Å²) < 4.78 is 20.3. The number of benzene rings is 1. The normalized spacial score (nSPS) is 20.2. The van der Waals surface area contributed by atoms with Crippen LogP contribution in [0.15, 0.2) is 30.3 Å². The summed E-state index contributed by atoms with van der Waals surface area (Å²) in [7, 11) is 0. The van der Waals surface area contributed by atoms with Crippen LogP contribution in [0, 0.1) is 5.82 Å². The zero-order chi connectivity index (χ0) is 25.8. The number of hydrogen-bond donors (Lipinski definition) is 2. The lowest BCUT2D eigenvalue weighted by Crippen LogP contribution is -2.55. The van der Waals surface area contributed by atoms with Crippen LogP contribution >= 0.6 is 0 Å². The van der Waals surface area contributed by atoms with E-state index < -0.39 is 12.0 Å². The number of carboxylic acids is 1. The van der Waals surface area contributed by atoms with Crippen molar-refractivity contribution in [1.82, 2.24) is 9.88 Å². The molecule has 1 saturated heterocycles. The fourth-order valence-electron chi connectivity index (χ4n) is 6.35. The van der Waals surface area contributed by atoms with Gasteiger partial charge in [0.15, 0.2) is 0 Å². The van der Waals surface area contributed by atoms with Crippen molar-refractivity contribution in [1.29, 1.82) is 0 Å². The van der Waals surface area contributed by atoms with Crippen molar-refractivity contribution in [3.8, 4) is 0 Å². The first-order valence-corrected chi connectivity index (χ1v) is 14.0. The van der Waals surface area contributed by atoms with E-state index in [0.717, 1.165) is 81.4 Å². The number of carboxylic acid groups (broad SMARTS) is 1. The summed E-state index contributed by atoms with van der Waals surface area (Å²) in [5.74, 6) is -0.233. The van der Waals surface area contributed by atoms with Crippen LogP contribution in [-0.4, -0.2) is 53.3 Å². The highest BCUT2D eigenvalue weighted by Crippen LogP contribution is 2.44. The van der Waals surface area contributed by atoms with E-state index in [0.29, 0.717) is 25.3 Å². The van der Waals surface area contributed by atoms with E-state index in [1.807, 2.05) is 11.0 Å². The molecule has 1 saturated carbocycles. The Morgan fingerprint density at radius 1 is 1.19 bits per heavy atom. The summed E-state index contributed by atoms with van der Waals surface area (Å²) in [6, 6.07) is 8.26. The first-order chi connectivity index (χ1) is 17.9. The van der Waals surface area contributed by atoms with Gasteiger partial charge in [-0.15, -0.1) is 0 Å². The van der Waals surface area contributed by atoms with E-state index in [4.69, 9.17) is 9.72 Å². The number of pyridine rings is 1. The molecular formula is C30H40FN3O3. The van der Waals surface area contributed by atoms with Gasteiger partial charge in [-0.3, -0.25) is 9.69 Å². The number of aryl methyl sites for hydroxylation is 2. The number of ether oxygens (including phenoxy) is 1. The molecule has 0 spiro atoms. The standard InChI is InChI=1S/C30H40FN3O3/c1-30(14-4-5-15-30)26-13-11-22(31)18-25(26)27(29(35)36)34-19-24(20-34)37-17-6-2-3-9-23-12-10-21-8-7-16-32-28(21)33-23/h10-13,18,24,27H,2-9,14-17,19-20H2,1H3,(H,32,33)(H,35,36). The summed E-state index contributed by atoms with van der Waals surface area (Å²) in [4.78, 5) is 19.0. The number of hydrogen-bond acceptors (Lipinski definition) is 5. The molecule has 1 aromatic heterocycles. The number of anilines is 1. The predicted molar refractivity (Wildman–Crippen MR) is 143 cm³/mol. The Hall–Kier alpha value is -2.51. The van der Waals surface area contributed by atoms with Crippen molar-refractivity contribution in [3.63, 3.8) is 0 Å². The number of nitrogens with zero attached hydrogens (tertiary/aromatic N) is 2. The van der Waals surface area contributed by atoms with E-state index in [-0.39, 0.29) is 17.3 Å². The van der Waals surface area contributed by atoms with Crippen LogP contribution in [0.5, 0.6) is 0 Å². The molecule has 6 nitrogen and oxygen atoms in total. The number of aromatic nitrogens is 1. The number of unbranched alkanes of at least 4 members (excludes halogenated alkanes) is 2. The summed E-state index contributed by atoms with van der Waals surface area (Å²) in [5.41, 5.74) is 3.99. The average molecular weight is 510 g/mol. The quantitative estimate of drug-likeness (QED) is 0.381. The molecule has 200 valence electrons. The predicted octanol–water partition coefficient (Wildman–Crippen LogP) is 5.65. The van der Waals surface area contributed by atoms with Gasteiger partial charge in [0.25, 0.3) is 0 Å². The first-order valence-electron chi connectivity index (χ1n) is 14.0. The van der Waals surface area contributed by atoms with Gasteiger partial charge < -0.3 is 15.2 Å². The average Bonchev–Trinajstić information content (AvgIpc) is 3.31. The topological polar surface area (TPSA) is 74.7 Å². The summed E-state index contributed by atoms with van der Waals surface area (Å²) in [5, 5.41) is 13.5. The smallest absolute Gasteiger partial charge is 0.325 e. The van der Waals surface area contributed by atoms with Crippen LogP contribution < -0.4 is 5.32 Å². The van der Waals surface area contributed by atoms with E-state index in [9.17, 15) is 14.3 Å². The lowest BCUT2D eigenvalue weighted by molar-refractivity contribution is -0.151. The third-order valence-electron chi connectivity index (χ3n) is 8.52. The first kappa shape index (κ1) is 26.1. The second kappa shape index (κ2) is 11.5. The lowest BCUT2D eigenvalue weighted by Gasteiger charge is -2.43. The maximum Gasteiger partial charge on any atom is 0.325 e. The van der Waals surface area contributed by atoms with Crippen molar-refractivity contribution in [2.75, 3.05) is 31.6 Å². The molecule has 1 unspecified atom stereocenters. The SMILES string of the molecule is CC1(c2ccc(F)cc2C(C(=O)O)N2CC(OCCCCCc3ccc4c(n3)NCCC4)C2)CCCC1. The van der Waals surface area contributed by atoms with Gasteiger partial charge in [-0.25, -0.2) is 9.37 Å². The number of fused-ring (bicyclic) bond motifs is 1. The fraction of sp³-hybridized carbons (Fsp3) is 0.600. The molecule has 2 aliphatic heterocycles. The monoisotopic (exact) mass is 509 g/mol. The minimum absolute atomic E-state index is 0.0364. The summed E-state index contributed by atoms with van der Waals surface area (Å²) >= 11 is 0. The molecule has 2 N–H and O–H groups in total. The molecule has 0 radical (unpaired) electrons. The van der Waals surface area contributed by atoms with E-state index in [1.165, 1.54) is 24.1 Å². The number of rotatable bonds is 11. The van der Waals surface area contributed by atoms with Crippen LogP contribution in [0.3, 0.4) is 0 Å². The molecule has 37 heavy (non-hydrogen) atoms. The third kappa shape index (κ3) is 5.99. The lowest BCUT2D eigenvalue weighted by atomic mass is 9.76. The molecule has 2 fully saturated rings. The van der Waals surface area contributed by atoms with Crippen LogP contribution in [0.2, 0.25) is 0 Å². The molecule has 1 aromatic carbocycles. The molecular weight excluding hydrogens is 469 g/mol. The number of nitrogens with one attached hydrogen (secondary N) is 1.